The van der Waals surface area contributed by atoms with Crippen LogP contribution in [0.25, 0.3) is 0 Å². The number of carbonyl (C=O) groups is 1. The number of benzene rings is 2. The Kier molecular flexibility index (Phi) is 5.80. The Morgan fingerprint density at radius 3 is 2.33 bits per heavy atom. The van der Waals surface area contributed by atoms with E-state index in [4.69, 9.17) is 4.42 Å². The van der Waals surface area contributed by atoms with E-state index in [0.717, 1.165) is 5.56 Å². The number of hydrogen-bond acceptors (Lipinski definition) is 5. The third kappa shape index (κ3) is 5.07. The third-order valence-electron chi connectivity index (χ3n) is 4.33. The molecule has 1 atom stereocenters. The van der Waals surface area contributed by atoms with Crippen LogP contribution in [0.1, 0.15) is 55.1 Å². The van der Waals surface area contributed by atoms with E-state index in [1.807, 2.05) is 61.5 Å². The van der Waals surface area contributed by atoms with Crippen molar-refractivity contribution in [3.63, 3.8) is 0 Å². The van der Waals surface area contributed by atoms with Gasteiger partial charge in [-0.25, -0.2) is 0 Å². The van der Waals surface area contributed by atoms with Crippen molar-refractivity contribution in [2.24, 2.45) is 0 Å². The molecule has 0 N–H and O–H groups in total. The van der Waals surface area contributed by atoms with E-state index in [-0.39, 0.29) is 16.4 Å². The number of hydrogen-bond donors (Lipinski definition) is 0. The molecule has 0 saturated heterocycles. The molecule has 1 aromatic heterocycles. The van der Waals surface area contributed by atoms with Gasteiger partial charge in [-0.1, -0.05) is 87.1 Å². The first-order valence-electron chi connectivity index (χ1n) is 9.00. The summed E-state index contributed by atoms with van der Waals surface area (Å²) in [6.07, 6.45) is 0.588. The summed E-state index contributed by atoms with van der Waals surface area (Å²) in [6, 6.07) is 17.8. The van der Waals surface area contributed by atoms with Crippen LogP contribution in [0.3, 0.4) is 0 Å². The molecule has 0 aliphatic rings. The number of nitrogens with zero attached hydrogens (tertiary/aromatic N) is 2. The fourth-order valence-corrected chi connectivity index (χ4v) is 3.48. The quantitative estimate of drug-likeness (QED) is 0.428. The zero-order valence-electron chi connectivity index (χ0n) is 16.1. The molecule has 4 nitrogen and oxygen atoms in total. The summed E-state index contributed by atoms with van der Waals surface area (Å²) >= 11 is 1.30. The summed E-state index contributed by atoms with van der Waals surface area (Å²) in [5.74, 6) is 0.612. The van der Waals surface area contributed by atoms with Crippen molar-refractivity contribution in [2.75, 3.05) is 0 Å². The molecule has 0 radical (unpaired) electrons. The van der Waals surface area contributed by atoms with Gasteiger partial charge in [0.25, 0.3) is 5.22 Å². The summed E-state index contributed by atoms with van der Waals surface area (Å²) in [5, 5.41) is 8.28. The van der Waals surface area contributed by atoms with E-state index in [1.165, 1.54) is 17.3 Å². The molecule has 0 fully saturated rings. The lowest BCUT2D eigenvalue weighted by atomic mass is 9.86. The number of rotatable bonds is 6. The molecule has 140 valence electrons. The standard InChI is InChI=1S/C22H24N2O2S/c1-15(20(25)17-10-12-18(13-11-17)22(2,3)4)27-21-24-23-19(26-21)14-16-8-6-5-7-9-16/h5-13,15H,14H2,1-4H3/t15-/m1/s1. The molecule has 0 unspecified atom stereocenters. The van der Waals surface area contributed by atoms with Gasteiger partial charge in [0.2, 0.25) is 5.89 Å². The summed E-state index contributed by atoms with van der Waals surface area (Å²) in [6.45, 7) is 8.34. The zero-order chi connectivity index (χ0) is 19.4. The molecule has 27 heavy (non-hydrogen) atoms. The summed E-state index contributed by atoms with van der Waals surface area (Å²) in [4.78, 5) is 12.7. The van der Waals surface area contributed by atoms with Gasteiger partial charge in [0.1, 0.15) is 0 Å². The highest BCUT2D eigenvalue weighted by Crippen LogP contribution is 2.27. The van der Waals surface area contributed by atoms with E-state index in [1.54, 1.807) is 0 Å². The average molecular weight is 381 g/mol. The Balaban J connectivity index is 1.63. The largest absolute Gasteiger partial charge is 0.416 e. The maximum atomic E-state index is 12.7. The first-order valence-corrected chi connectivity index (χ1v) is 9.88. The average Bonchev–Trinajstić information content (AvgIpc) is 3.08. The Bertz CT molecular complexity index is 896. The SMILES string of the molecule is C[C@@H](Sc1nnc(Cc2ccccc2)o1)C(=O)c1ccc(C(C)(C)C)cc1. The van der Waals surface area contributed by atoms with Crippen molar-refractivity contribution in [1.82, 2.24) is 10.2 Å². The number of Topliss-reactive ketones (excluding diaryl/α,β-unsaturated/α-hetero) is 1. The second-order valence-electron chi connectivity index (χ2n) is 7.58. The van der Waals surface area contributed by atoms with Crippen LogP contribution in [0.4, 0.5) is 0 Å². The molecule has 0 bridgehead atoms. The van der Waals surface area contributed by atoms with E-state index in [0.29, 0.717) is 23.1 Å². The Labute approximate surface area is 164 Å². The van der Waals surface area contributed by atoms with Crippen molar-refractivity contribution in [2.45, 2.75) is 50.0 Å². The molecule has 0 aliphatic heterocycles. The van der Waals surface area contributed by atoms with Crippen LogP contribution < -0.4 is 0 Å². The van der Waals surface area contributed by atoms with Crippen LogP contribution in [-0.2, 0) is 11.8 Å². The minimum Gasteiger partial charge on any atom is -0.416 e. The van der Waals surface area contributed by atoms with Gasteiger partial charge in [0, 0.05) is 5.56 Å². The molecule has 5 heteroatoms. The van der Waals surface area contributed by atoms with E-state index < -0.39 is 0 Å². The smallest absolute Gasteiger partial charge is 0.277 e. The molecular weight excluding hydrogens is 356 g/mol. The Morgan fingerprint density at radius 1 is 1.04 bits per heavy atom. The molecule has 0 aliphatic carbocycles. The molecular formula is C22H24N2O2S. The van der Waals surface area contributed by atoms with Gasteiger partial charge in [-0.2, -0.15) is 0 Å². The minimum atomic E-state index is -0.296. The zero-order valence-corrected chi connectivity index (χ0v) is 16.9. The first kappa shape index (κ1) is 19.4. The van der Waals surface area contributed by atoms with Gasteiger partial charge in [0.05, 0.1) is 11.7 Å². The third-order valence-corrected chi connectivity index (χ3v) is 5.26. The topological polar surface area (TPSA) is 56.0 Å². The number of ketones is 1. The maximum Gasteiger partial charge on any atom is 0.277 e. The summed E-state index contributed by atoms with van der Waals surface area (Å²) in [5.41, 5.74) is 3.09. The molecule has 0 amide bonds. The number of carbonyl (C=O) groups excluding carboxylic acids is 1. The molecule has 0 spiro atoms. The molecule has 3 rings (SSSR count). The Hall–Kier alpha value is -2.40. The van der Waals surface area contributed by atoms with Crippen LogP contribution in [0.2, 0.25) is 0 Å². The van der Waals surface area contributed by atoms with Crippen molar-refractivity contribution in [3.05, 3.63) is 77.2 Å². The molecule has 2 aromatic carbocycles. The maximum absolute atomic E-state index is 12.7. The van der Waals surface area contributed by atoms with Crippen molar-refractivity contribution >= 4 is 17.5 Å². The second kappa shape index (κ2) is 8.09. The highest BCUT2D eigenvalue weighted by molar-refractivity contribution is 8.00. The van der Waals surface area contributed by atoms with Crippen molar-refractivity contribution < 1.29 is 9.21 Å². The lowest BCUT2D eigenvalue weighted by molar-refractivity contribution is 0.0993. The second-order valence-corrected chi connectivity index (χ2v) is 8.87. The first-order chi connectivity index (χ1) is 12.8. The monoisotopic (exact) mass is 380 g/mol. The lowest BCUT2D eigenvalue weighted by Gasteiger charge is -2.19. The molecule has 3 aromatic rings. The van der Waals surface area contributed by atoms with Gasteiger partial charge in [-0.05, 0) is 23.5 Å². The lowest BCUT2D eigenvalue weighted by Crippen LogP contribution is -2.15. The highest BCUT2D eigenvalue weighted by Gasteiger charge is 2.21. The highest BCUT2D eigenvalue weighted by atomic mass is 32.2. The predicted molar refractivity (Wildman–Crippen MR) is 108 cm³/mol. The Morgan fingerprint density at radius 2 is 1.70 bits per heavy atom. The summed E-state index contributed by atoms with van der Waals surface area (Å²) in [7, 11) is 0. The van der Waals surface area contributed by atoms with Crippen LogP contribution in [0, 0.1) is 0 Å². The van der Waals surface area contributed by atoms with Gasteiger partial charge in [-0.15, -0.1) is 10.2 Å². The van der Waals surface area contributed by atoms with Crippen LogP contribution in [0.5, 0.6) is 0 Å². The van der Waals surface area contributed by atoms with Crippen LogP contribution >= 0.6 is 11.8 Å². The van der Waals surface area contributed by atoms with E-state index in [2.05, 4.69) is 31.0 Å². The van der Waals surface area contributed by atoms with E-state index in [9.17, 15) is 4.79 Å². The number of thioether (sulfide) groups is 1. The number of aromatic nitrogens is 2. The van der Waals surface area contributed by atoms with Crippen molar-refractivity contribution in [3.8, 4) is 0 Å². The molecule has 0 saturated carbocycles. The fraction of sp³-hybridized carbons (Fsp3) is 0.318. The fourth-order valence-electron chi connectivity index (χ4n) is 2.70. The molecule has 1 heterocycles. The van der Waals surface area contributed by atoms with Crippen LogP contribution in [-0.4, -0.2) is 21.2 Å². The normalized spacial score (nSPS) is 12.7. The van der Waals surface area contributed by atoms with Gasteiger partial charge in [0.15, 0.2) is 5.78 Å². The van der Waals surface area contributed by atoms with E-state index >= 15 is 0 Å². The van der Waals surface area contributed by atoms with Gasteiger partial charge in [-0.3, -0.25) is 4.79 Å². The van der Waals surface area contributed by atoms with Gasteiger partial charge < -0.3 is 4.42 Å². The predicted octanol–water partition coefficient (Wildman–Crippen LogP) is 5.32. The summed E-state index contributed by atoms with van der Waals surface area (Å²) < 4.78 is 5.70. The van der Waals surface area contributed by atoms with Crippen molar-refractivity contribution in [1.29, 1.82) is 0 Å². The minimum absolute atomic E-state index is 0.0586. The van der Waals surface area contributed by atoms with Gasteiger partial charge >= 0.3 is 0 Å². The van der Waals surface area contributed by atoms with Crippen LogP contribution in [0.15, 0.2) is 64.2 Å².